The fourth-order valence-electron chi connectivity index (χ4n) is 5.84. The number of para-hydroxylation sites is 2. The van der Waals surface area contributed by atoms with Crippen LogP contribution in [0.3, 0.4) is 0 Å². The lowest BCUT2D eigenvalue weighted by molar-refractivity contribution is 0.417. The summed E-state index contributed by atoms with van der Waals surface area (Å²) in [5.41, 5.74) is 1.54. The molecule has 0 aliphatic carbocycles. The third-order valence-electron chi connectivity index (χ3n) is 7.75. The summed E-state index contributed by atoms with van der Waals surface area (Å²) in [4.78, 5) is 0. The van der Waals surface area contributed by atoms with E-state index in [2.05, 4.69) is 84.9 Å². The highest BCUT2D eigenvalue weighted by atomic mass is 32.1. The van der Waals surface area contributed by atoms with Crippen molar-refractivity contribution in [1.82, 2.24) is 0 Å². The third-order valence-corrected chi connectivity index (χ3v) is 15.3. The molecule has 0 aliphatic heterocycles. The average molecular weight is 590 g/mol. The number of hydrogen-bond donors (Lipinski definition) is 0. The molecular formula is C35H29NO4P2. The van der Waals surface area contributed by atoms with Gasteiger partial charge in [0.05, 0.1) is 24.8 Å². The molecular weight excluding hydrogens is 560 g/mol. The molecule has 5 nitrogen and oxygen atoms in total. The molecule has 0 amide bonds. The van der Waals surface area contributed by atoms with Crippen LogP contribution < -0.4 is 20.1 Å². The molecule has 7 heteroatoms. The number of hydrogen-bond acceptors (Lipinski definition) is 5. The van der Waals surface area contributed by atoms with Crippen LogP contribution in [-0.4, -0.2) is 21.3 Å². The lowest BCUT2D eigenvalue weighted by atomic mass is 9.99. The van der Waals surface area contributed by atoms with Gasteiger partial charge in [-0.2, -0.15) is 0 Å². The Kier molecular flexibility index (Phi) is 6.78. The summed E-state index contributed by atoms with van der Waals surface area (Å²) in [5.74, 6) is 1.47. The Labute approximate surface area is 244 Å². The molecule has 0 N–H and O–H groups in total. The summed E-state index contributed by atoms with van der Waals surface area (Å²) < 4.78 is 31.4. The van der Waals surface area contributed by atoms with E-state index in [1.165, 1.54) is 0 Å². The minimum atomic E-state index is -2.83. The Morgan fingerprint density at radius 2 is 0.976 bits per heavy atom. The summed E-state index contributed by atoms with van der Waals surface area (Å²) in [6.45, 7) is -2.83. The number of rotatable bonds is 5. The van der Waals surface area contributed by atoms with Crippen molar-refractivity contribution in [1.29, 1.82) is 0 Å². The van der Waals surface area contributed by atoms with E-state index in [4.69, 9.17) is 22.6 Å². The number of benzene rings is 6. The van der Waals surface area contributed by atoms with E-state index in [-0.39, 0.29) is 0 Å². The third kappa shape index (κ3) is 4.04. The first-order valence-electron chi connectivity index (χ1n) is 13.7. The van der Waals surface area contributed by atoms with Gasteiger partial charge in [0.2, 0.25) is 0 Å². The first-order valence-corrected chi connectivity index (χ1v) is 17.3. The topological polar surface area (TPSA) is 57.1 Å². The van der Waals surface area contributed by atoms with Crippen molar-refractivity contribution in [3.63, 3.8) is 0 Å². The highest BCUT2D eigenvalue weighted by molar-refractivity contribution is 8.33. The van der Waals surface area contributed by atoms with Crippen LogP contribution >= 0.6 is 14.4 Å². The first kappa shape index (κ1) is 26.5. The second-order valence-electron chi connectivity index (χ2n) is 9.89. The van der Waals surface area contributed by atoms with Gasteiger partial charge in [0.25, 0.3) is 7.70 Å². The molecule has 0 atom stereocenters. The Hall–Kier alpha value is -4.43. The zero-order valence-electron chi connectivity index (χ0n) is 23.5. The van der Waals surface area contributed by atoms with E-state index in [1.54, 1.807) is 14.2 Å². The number of ether oxygens (including phenoxy) is 2. The molecule has 7 aromatic rings. The summed E-state index contributed by atoms with van der Waals surface area (Å²) in [5, 5.41) is 8.44. The lowest BCUT2D eigenvalue weighted by Crippen LogP contribution is -2.17. The molecule has 0 saturated carbocycles. The van der Waals surface area contributed by atoms with Crippen molar-refractivity contribution in [2.24, 2.45) is 4.74 Å². The maximum atomic E-state index is 7.15. The predicted octanol–water partition coefficient (Wildman–Crippen LogP) is 9.86. The lowest BCUT2D eigenvalue weighted by Gasteiger charge is -2.25. The Morgan fingerprint density at radius 1 is 0.548 bits per heavy atom. The maximum Gasteiger partial charge on any atom is 0.266 e. The standard InChI is InChI=1S/C35H29NO4P2/c1-36-42(32-18-10-8-16-28(32)37-2,33-19-11-9-17-29(33)38-3)41-39-30-22-20-24-12-4-6-14-26(24)34(30)35-27-15-7-5-13-25(27)21-23-31(35)40-41/h4-23H,1-3H3. The van der Waals surface area contributed by atoms with E-state index in [9.17, 15) is 0 Å². The van der Waals surface area contributed by atoms with E-state index < -0.39 is 14.4 Å². The molecule has 0 spiro atoms. The van der Waals surface area contributed by atoms with Gasteiger partial charge < -0.3 is 17.9 Å². The fourth-order valence-corrected chi connectivity index (χ4v) is 13.2. The minimum Gasteiger partial charge on any atom is -0.496 e. The zero-order chi connectivity index (χ0) is 28.7. The zero-order valence-corrected chi connectivity index (χ0v) is 25.3. The minimum absolute atomic E-state index is 0.735. The van der Waals surface area contributed by atoms with E-state index in [1.807, 2.05) is 43.4 Å². The average Bonchev–Trinajstić information content (AvgIpc) is 3.23. The van der Waals surface area contributed by atoms with Crippen LogP contribution in [0.5, 0.6) is 11.5 Å². The van der Waals surface area contributed by atoms with Crippen LogP contribution in [0.2, 0.25) is 0 Å². The van der Waals surface area contributed by atoms with Gasteiger partial charge >= 0.3 is 0 Å². The summed E-state index contributed by atoms with van der Waals surface area (Å²) in [6, 6.07) is 41.3. The highest BCUT2D eigenvalue weighted by Gasteiger charge is 2.37. The Bertz CT molecular complexity index is 2070. The fraction of sp³-hybridized carbons (Fsp3) is 0.0857. The second-order valence-corrected chi connectivity index (χ2v) is 16.0. The smallest absolute Gasteiger partial charge is 0.266 e. The van der Waals surface area contributed by atoms with Gasteiger partial charge in [0.15, 0.2) is 0 Å². The summed E-state index contributed by atoms with van der Waals surface area (Å²) in [7, 11) is 3.50. The second kappa shape index (κ2) is 10.8. The van der Waals surface area contributed by atoms with Gasteiger partial charge in [-0.1, -0.05) is 84.9 Å². The quantitative estimate of drug-likeness (QED) is 0.188. The largest absolute Gasteiger partial charge is 0.496 e. The first-order chi connectivity index (χ1) is 20.7. The van der Waals surface area contributed by atoms with Crippen LogP contribution in [0, 0.1) is 0 Å². The predicted molar refractivity (Wildman–Crippen MR) is 177 cm³/mol. The van der Waals surface area contributed by atoms with Gasteiger partial charge in [-0.05, 0) is 57.9 Å². The van der Waals surface area contributed by atoms with E-state index in [0.717, 1.165) is 65.6 Å². The molecule has 7 rings (SSSR count). The van der Waals surface area contributed by atoms with Crippen molar-refractivity contribution in [2.75, 3.05) is 21.3 Å². The molecule has 6 aromatic carbocycles. The number of fused-ring (bicyclic) bond motifs is 7. The Morgan fingerprint density at radius 3 is 1.43 bits per heavy atom. The van der Waals surface area contributed by atoms with Crippen LogP contribution in [-0.2, 0) is 0 Å². The van der Waals surface area contributed by atoms with Crippen molar-refractivity contribution >= 4 is 68.5 Å². The normalized spacial score (nSPS) is 11.7. The molecule has 0 aliphatic rings. The molecule has 0 fully saturated rings. The molecule has 208 valence electrons. The number of methoxy groups -OCH3 is 2. The van der Waals surface area contributed by atoms with Crippen LogP contribution in [0.25, 0.3) is 43.5 Å². The van der Waals surface area contributed by atoms with Crippen LogP contribution in [0.4, 0.5) is 0 Å². The van der Waals surface area contributed by atoms with Gasteiger partial charge in [-0.3, -0.25) is 4.74 Å². The number of nitrogens with zero attached hydrogens (tertiary/aromatic N) is 1. The molecule has 0 radical (unpaired) electrons. The maximum absolute atomic E-state index is 7.15. The summed E-state index contributed by atoms with van der Waals surface area (Å²) >= 11 is 0. The molecule has 0 unspecified atom stereocenters. The van der Waals surface area contributed by atoms with Crippen molar-refractivity contribution in [3.05, 3.63) is 121 Å². The Balaban J connectivity index is 1.76. The van der Waals surface area contributed by atoms with Crippen molar-refractivity contribution in [3.8, 4) is 11.5 Å². The van der Waals surface area contributed by atoms with Crippen molar-refractivity contribution < 1.29 is 17.9 Å². The van der Waals surface area contributed by atoms with Gasteiger partial charge in [0, 0.05) is 17.8 Å². The molecule has 0 saturated heterocycles. The SMILES string of the molecule is CN=P(c1ccccc1OC)(c1ccccc1OC)p1oc2ccc3ccccc3c2c2c(ccc3ccccc32)o1. The monoisotopic (exact) mass is 589 g/mol. The molecule has 0 bridgehead atoms. The molecule has 42 heavy (non-hydrogen) atoms. The molecule has 1 heterocycles. The summed E-state index contributed by atoms with van der Waals surface area (Å²) in [6.07, 6.45) is 0. The van der Waals surface area contributed by atoms with Gasteiger partial charge in [-0.15, -0.1) is 0 Å². The van der Waals surface area contributed by atoms with E-state index >= 15 is 0 Å². The highest BCUT2D eigenvalue weighted by Crippen LogP contribution is 2.72. The van der Waals surface area contributed by atoms with Gasteiger partial charge in [0.1, 0.15) is 29.4 Å². The van der Waals surface area contributed by atoms with E-state index in [0.29, 0.717) is 0 Å². The van der Waals surface area contributed by atoms with Gasteiger partial charge in [-0.25, -0.2) is 0 Å². The van der Waals surface area contributed by atoms with Crippen LogP contribution in [0.1, 0.15) is 0 Å². The van der Waals surface area contributed by atoms with Crippen molar-refractivity contribution in [2.45, 2.75) is 0 Å². The van der Waals surface area contributed by atoms with Crippen LogP contribution in [0.15, 0.2) is 134 Å². The molecule has 1 aromatic heterocycles.